The molecule has 0 aliphatic heterocycles. The predicted octanol–water partition coefficient (Wildman–Crippen LogP) is 0.928. The molecule has 0 saturated carbocycles. The Bertz CT molecular complexity index is 291. The highest BCUT2D eigenvalue weighted by Gasteiger charge is 2.05. The van der Waals surface area contributed by atoms with Gasteiger partial charge < -0.3 is 9.73 Å². The highest BCUT2D eigenvalue weighted by Crippen LogP contribution is 2.08. The fourth-order valence-corrected chi connectivity index (χ4v) is 0.942. The van der Waals surface area contributed by atoms with E-state index in [-0.39, 0.29) is 5.91 Å². The first-order chi connectivity index (χ1) is 5.59. The van der Waals surface area contributed by atoms with Crippen LogP contribution in [0.2, 0.25) is 0 Å². The molecule has 0 unspecified atom stereocenters. The van der Waals surface area contributed by atoms with E-state index < -0.39 is 0 Å². The smallest absolute Gasteiger partial charge is 0.217 e. The molecule has 0 atom stereocenters. The minimum absolute atomic E-state index is 0.0662. The van der Waals surface area contributed by atoms with Gasteiger partial charge in [-0.2, -0.15) is 0 Å². The van der Waals surface area contributed by atoms with E-state index in [0.29, 0.717) is 12.4 Å². The largest absolute Gasteiger partial charge is 0.444 e. The summed E-state index contributed by atoms with van der Waals surface area (Å²) < 4.78 is 5.24. The summed E-state index contributed by atoms with van der Waals surface area (Å²) in [5, 5.41) is 2.64. The van der Waals surface area contributed by atoms with Crippen LogP contribution in [0, 0.1) is 13.8 Å². The maximum atomic E-state index is 10.6. The maximum Gasteiger partial charge on any atom is 0.217 e. The Morgan fingerprint density at radius 3 is 2.67 bits per heavy atom. The quantitative estimate of drug-likeness (QED) is 0.714. The number of nitrogens with one attached hydrogen (secondary N) is 1. The summed E-state index contributed by atoms with van der Waals surface area (Å²) in [6, 6.07) is 0. The molecule has 0 saturated heterocycles. The molecule has 0 aromatic carbocycles. The fourth-order valence-electron chi connectivity index (χ4n) is 0.942. The van der Waals surface area contributed by atoms with E-state index in [9.17, 15) is 4.79 Å². The van der Waals surface area contributed by atoms with Crippen LogP contribution in [0.5, 0.6) is 0 Å². The lowest BCUT2D eigenvalue weighted by atomic mass is 10.4. The number of hydrogen-bond acceptors (Lipinski definition) is 3. The average Bonchev–Trinajstić information content (AvgIpc) is 2.26. The van der Waals surface area contributed by atoms with Crippen molar-refractivity contribution in [2.45, 2.75) is 27.3 Å². The lowest BCUT2D eigenvalue weighted by Gasteiger charge is -1.97. The fraction of sp³-hybridized carbons (Fsp3) is 0.500. The third-order valence-corrected chi connectivity index (χ3v) is 1.50. The maximum absolute atomic E-state index is 10.6. The van der Waals surface area contributed by atoms with Crippen LogP contribution in [-0.4, -0.2) is 10.9 Å². The molecule has 1 amide bonds. The molecule has 0 radical (unpaired) electrons. The molecular formula is C8H12N2O2. The van der Waals surface area contributed by atoms with Crippen LogP contribution in [0.3, 0.4) is 0 Å². The van der Waals surface area contributed by atoms with E-state index >= 15 is 0 Å². The summed E-state index contributed by atoms with van der Waals surface area (Å²) in [7, 11) is 0. The minimum Gasteiger partial charge on any atom is -0.444 e. The summed E-state index contributed by atoms with van der Waals surface area (Å²) in [5.74, 6) is 1.29. The molecule has 0 aliphatic rings. The molecule has 4 nitrogen and oxygen atoms in total. The summed E-state index contributed by atoms with van der Waals surface area (Å²) in [6.07, 6.45) is 0. The van der Waals surface area contributed by atoms with Gasteiger partial charge in [0.05, 0.1) is 12.2 Å². The Morgan fingerprint density at radius 2 is 2.25 bits per heavy atom. The van der Waals surface area contributed by atoms with Crippen molar-refractivity contribution in [2.24, 2.45) is 0 Å². The second kappa shape index (κ2) is 3.38. The summed E-state index contributed by atoms with van der Waals surface area (Å²) in [5.41, 5.74) is 0.834. The third kappa shape index (κ3) is 2.08. The zero-order valence-electron chi connectivity index (χ0n) is 7.47. The lowest BCUT2D eigenvalue weighted by Crippen LogP contribution is -2.18. The van der Waals surface area contributed by atoms with Gasteiger partial charge in [-0.25, -0.2) is 4.98 Å². The van der Waals surface area contributed by atoms with Crippen LogP contribution in [-0.2, 0) is 11.3 Å². The molecule has 1 aromatic heterocycles. The predicted molar refractivity (Wildman–Crippen MR) is 43.5 cm³/mol. The molecule has 0 spiro atoms. The van der Waals surface area contributed by atoms with Crippen LogP contribution in [0.15, 0.2) is 4.42 Å². The number of oxazole rings is 1. The van der Waals surface area contributed by atoms with Crippen molar-refractivity contribution in [3.63, 3.8) is 0 Å². The van der Waals surface area contributed by atoms with E-state index in [1.165, 1.54) is 6.92 Å². The van der Waals surface area contributed by atoms with Crippen LogP contribution in [0.4, 0.5) is 0 Å². The second-order valence-corrected chi connectivity index (χ2v) is 2.65. The van der Waals surface area contributed by atoms with E-state index in [0.717, 1.165) is 11.5 Å². The molecule has 66 valence electrons. The number of aryl methyl sites for hydroxylation is 2. The van der Waals surface area contributed by atoms with Gasteiger partial charge in [-0.1, -0.05) is 0 Å². The van der Waals surface area contributed by atoms with Crippen molar-refractivity contribution in [3.05, 3.63) is 17.3 Å². The van der Waals surface area contributed by atoms with Gasteiger partial charge in [-0.05, 0) is 6.92 Å². The van der Waals surface area contributed by atoms with Crippen LogP contribution in [0.25, 0.3) is 0 Å². The number of hydrogen-bond donors (Lipinski definition) is 1. The van der Waals surface area contributed by atoms with Crippen molar-refractivity contribution in [2.75, 3.05) is 0 Å². The molecular weight excluding hydrogens is 156 g/mol. The molecule has 1 heterocycles. The number of carbonyl (C=O) groups is 1. The Hall–Kier alpha value is -1.32. The number of rotatable bonds is 2. The highest BCUT2D eigenvalue weighted by molar-refractivity contribution is 5.72. The van der Waals surface area contributed by atoms with Crippen molar-refractivity contribution in [1.82, 2.24) is 10.3 Å². The molecule has 12 heavy (non-hydrogen) atoms. The van der Waals surface area contributed by atoms with Gasteiger partial charge in [0, 0.05) is 13.8 Å². The Morgan fingerprint density at radius 1 is 1.58 bits per heavy atom. The second-order valence-electron chi connectivity index (χ2n) is 2.65. The molecule has 1 N–H and O–H groups in total. The van der Waals surface area contributed by atoms with E-state index in [4.69, 9.17) is 4.42 Å². The van der Waals surface area contributed by atoms with Crippen molar-refractivity contribution >= 4 is 5.91 Å². The van der Waals surface area contributed by atoms with Gasteiger partial charge in [0.1, 0.15) is 5.76 Å². The van der Waals surface area contributed by atoms with Gasteiger partial charge in [0.2, 0.25) is 5.91 Å². The van der Waals surface area contributed by atoms with Gasteiger partial charge in [0.15, 0.2) is 5.89 Å². The van der Waals surface area contributed by atoms with Crippen molar-refractivity contribution in [1.29, 1.82) is 0 Å². The highest BCUT2D eigenvalue weighted by atomic mass is 16.4. The Kier molecular flexibility index (Phi) is 2.47. The van der Waals surface area contributed by atoms with Crippen LogP contribution >= 0.6 is 0 Å². The molecule has 0 fully saturated rings. The monoisotopic (exact) mass is 168 g/mol. The zero-order chi connectivity index (χ0) is 9.14. The number of carbonyl (C=O) groups excluding carboxylic acids is 1. The summed E-state index contributed by atoms with van der Waals surface area (Å²) in [4.78, 5) is 14.6. The SMILES string of the molecule is CC(=O)NCc1oc(C)nc1C. The summed E-state index contributed by atoms with van der Waals surface area (Å²) >= 11 is 0. The first-order valence-corrected chi connectivity index (χ1v) is 3.77. The van der Waals surface area contributed by atoms with Crippen molar-refractivity contribution < 1.29 is 9.21 Å². The standard InChI is InChI=1S/C8H12N2O2/c1-5-8(4-9-6(2)11)12-7(3)10-5/h4H2,1-3H3,(H,9,11). The van der Waals surface area contributed by atoms with Gasteiger partial charge in [0.25, 0.3) is 0 Å². The summed E-state index contributed by atoms with van der Waals surface area (Å²) in [6.45, 7) is 5.53. The molecule has 1 aromatic rings. The number of nitrogens with zero attached hydrogens (tertiary/aromatic N) is 1. The van der Waals surface area contributed by atoms with Gasteiger partial charge in [-0.3, -0.25) is 4.79 Å². The van der Waals surface area contributed by atoms with E-state index in [2.05, 4.69) is 10.3 Å². The normalized spacial score (nSPS) is 9.92. The zero-order valence-corrected chi connectivity index (χ0v) is 7.47. The molecule has 1 rings (SSSR count). The minimum atomic E-state index is -0.0662. The lowest BCUT2D eigenvalue weighted by molar-refractivity contribution is -0.119. The third-order valence-electron chi connectivity index (χ3n) is 1.50. The van der Waals surface area contributed by atoms with E-state index in [1.807, 2.05) is 6.92 Å². The molecule has 4 heteroatoms. The van der Waals surface area contributed by atoms with Crippen molar-refractivity contribution in [3.8, 4) is 0 Å². The number of aromatic nitrogens is 1. The first kappa shape index (κ1) is 8.77. The first-order valence-electron chi connectivity index (χ1n) is 3.77. The average molecular weight is 168 g/mol. The number of amides is 1. The van der Waals surface area contributed by atoms with Gasteiger partial charge >= 0.3 is 0 Å². The van der Waals surface area contributed by atoms with Gasteiger partial charge in [-0.15, -0.1) is 0 Å². The Labute approximate surface area is 71.0 Å². The van der Waals surface area contributed by atoms with Crippen LogP contribution < -0.4 is 5.32 Å². The molecule has 0 bridgehead atoms. The Balaban J connectivity index is 2.62. The topological polar surface area (TPSA) is 55.1 Å². The van der Waals surface area contributed by atoms with E-state index in [1.54, 1.807) is 6.92 Å². The molecule has 0 aliphatic carbocycles. The van der Waals surface area contributed by atoms with Crippen LogP contribution in [0.1, 0.15) is 24.3 Å².